The van der Waals surface area contributed by atoms with Crippen molar-refractivity contribution < 1.29 is 9.53 Å². The van der Waals surface area contributed by atoms with Gasteiger partial charge in [-0.2, -0.15) is 0 Å². The molecule has 0 bridgehead atoms. The molecule has 1 aromatic carbocycles. The number of carbonyl (C=O) groups excluding carboxylic acids is 1. The summed E-state index contributed by atoms with van der Waals surface area (Å²) in [7, 11) is 0. The maximum atomic E-state index is 11.5. The lowest BCUT2D eigenvalue weighted by atomic mass is 10.1. The zero-order chi connectivity index (χ0) is 12.7. The molecule has 0 saturated carbocycles. The number of rotatable bonds is 6. The third kappa shape index (κ3) is 5.38. The molecule has 0 saturated heterocycles. The molecule has 17 heavy (non-hydrogen) atoms. The van der Waals surface area contributed by atoms with E-state index in [1.807, 2.05) is 45.0 Å². The van der Waals surface area contributed by atoms with Gasteiger partial charge >= 0.3 is 0 Å². The Morgan fingerprint density at radius 1 is 1.29 bits per heavy atom. The zero-order valence-electron chi connectivity index (χ0n) is 10.8. The van der Waals surface area contributed by atoms with E-state index in [1.165, 1.54) is 0 Å². The molecule has 94 valence electrons. The number of carbonyl (C=O) groups is 1. The number of nitrogens with one attached hydrogen (secondary N) is 1. The summed E-state index contributed by atoms with van der Waals surface area (Å²) in [6.45, 7) is 6.77. The second kappa shape index (κ2) is 6.94. The van der Waals surface area contributed by atoms with E-state index < -0.39 is 0 Å². The predicted molar refractivity (Wildman–Crippen MR) is 69.2 cm³/mol. The molecular formula is C14H21NO2. The van der Waals surface area contributed by atoms with E-state index in [0.29, 0.717) is 6.42 Å². The van der Waals surface area contributed by atoms with Crippen LogP contribution in [0.3, 0.4) is 0 Å². The third-order valence-corrected chi connectivity index (χ3v) is 2.23. The average molecular weight is 235 g/mol. The second-order valence-electron chi connectivity index (χ2n) is 4.34. The topological polar surface area (TPSA) is 38.3 Å². The van der Waals surface area contributed by atoms with Crippen molar-refractivity contribution in [3.05, 3.63) is 29.8 Å². The first kappa shape index (κ1) is 13.6. The van der Waals surface area contributed by atoms with Crippen molar-refractivity contribution in [3.63, 3.8) is 0 Å². The Hall–Kier alpha value is -1.51. The van der Waals surface area contributed by atoms with E-state index in [0.717, 1.165) is 24.3 Å². The highest BCUT2D eigenvalue weighted by molar-refractivity contribution is 5.78. The fraction of sp³-hybridized carbons (Fsp3) is 0.500. The standard InChI is InChI=1S/C14H21NO2/c1-4-9-15-14(16)10-12-5-7-13(8-6-12)17-11(2)3/h5-8,11H,4,9-10H2,1-3H3,(H,15,16). The summed E-state index contributed by atoms with van der Waals surface area (Å²) in [5, 5.41) is 2.86. The van der Waals surface area contributed by atoms with Gasteiger partial charge in [0.15, 0.2) is 0 Å². The van der Waals surface area contributed by atoms with E-state index in [9.17, 15) is 4.79 Å². The molecule has 0 heterocycles. The van der Waals surface area contributed by atoms with E-state index in [1.54, 1.807) is 0 Å². The van der Waals surface area contributed by atoms with Crippen molar-refractivity contribution in [2.75, 3.05) is 6.54 Å². The number of ether oxygens (including phenoxy) is 1. The normalized spacial score (nSPS) is 10.4. The minimum absolute atomic E-state index is 0.0735. The summed E-state index contributed by atoms with van der Waals surface area (Å²) in [4.78, 5) is 11.5. The van der Waals surface area contributed by atoms with Crippen LogP contribution in [0.2, 0.25) is 0 Å². The minimum atomic E-state index is 0.0735. The minimum Gasteiger partial charge on any atom is -0.491 e. The molecule has 1 N–H and O–H groups in total. The Bertz CT molecular complexity index is 344. The van der Waals surface area contributed by atoms with Crippen LogP contribution in [0.1, 0.15) is 32.8 Å². The summed E-state index contributed by atoms with van der Waals surface area (Å²) >= 11 is 0. The third-order valence-electron chi connectivity index (χ3n) is 2.23. The molecule has 3 heteroatoms. The van der Waals surface area contributed by atoms with Gasteiger partial charge in [0, 0.05) is 6.54 Å². The first-order valence-electron chi connectivity index (χ1n) is 6.14. The fourth-order valence-corrected chi connectivity index (χ4v) is 1.47. The molecule has 0 spiro atoms. The van der Waals surface area contributed by atoms with Crippen molar-refractivity contribution in [1.82, 2.24) is 5.32 Å². The Morgan fingerprint density at radius 3 is 2.47 bits per heavy atom. The lowest BCUT2D eigenvalue weighted by Gasteiger charge is -2.10. The lowest BCUT2D eigenvalue weighted by molar-refractivity contribution is -0.120. The van der Waals surface area contributed by atoms with Crippen LogP contribution in [-0.2, 0) is 11.2 Å². The van der Waals surface area contributed by atoms with Gasteiger partial charge in [-0.1, -0.05) is 19.1 Å². The molecule has 0 radical (unpaired) electrons. The van der Waals surface area contributed by atoms with Crippen LogP contribution in [0.5, 0.6) is 5.75 Å². The van der Waals surface area contributed by atoms with Crippen LogP contribution in [-0.4, -0.2) is 18.6 Å². The van der Waals surface area contributed by atoms with Crippen molar-refractivity contribution in [2.24, 2.45) is 0 Å². The monoisotopic (exact) mass is 235 g/mol. The summed E-state index contributed by atoms with van der Waals surface area (Å²) in [5.74, 6) is 0.919. The molecule has 0 atom stereocenters. The Morgan fingerprint density at radius 2 is 1.94 bits per heavy atom. The van der Waals surface area contributed by atoms with Gasteiger partial charge in [0.25, 0.3) is 0 Å². The first-order valence-corrected chi connectivity index (χ1v) is 6.14. The van der Waals surface area contributed by atoms with Gasteiger partial charge in [-0.3, -0.25) is 4.79 Å². The largest absolute Gasteiger partial charge is 0.491 e. The number of hydrogen-bond acceptors (Lipinski definition) is 2. The molecule has 1 amide bonds. The van der Waals surface area contributed by atoms with Crippen LogP contribution in [0.25, 0.3) is 0 Å². The summed E-state index contributed by atoms with van der Waals surface area (Å²) < 4.78 is 5.54. The van der Waals surface area contributed by atoms with Crippen molar-refractivity contribution >= 4 is 5.91 Å². The molecule has 0 fully saturated rings. The van der Waals surface area contributed by atoms with Crippen LogP contribution in [0.15, 0.2) is 24.3 Å². The van der Waals surface area contributed by atoms with E-state index in [2.05, 4.69) is 5.32 Å². The van der Waals surface area contributed by atoms with E-state index in [-0.39, 0.29) is 12.0 Å². The maximum absolute atomic E-state index is 11.5. The molecular weight excluding hydrogens is 214 g/mol. The number of benzene rings is 1. The van der Waals surface area contributed by atoms with E-state index in [4.69, 9.17) is 4.74 Å². The van der Waals surface area contributed by atoms with Gasteiger partial charge in [0.2, 0.25) is 5.91 Å². The maximum Gasteiger partial charge on any atom is 0.224 e. The Kier molecular flexibility index (Phi) is 5.53. The lowest BCUT2D eigenvalue weighted by Crippen LogP contribution is -2.25. The van der Waals surface area contributed by atoms with Gasteiger partial charge in [-0.15, -0.1) is 0 Å². The molecule has 0 aliphatic carbocycles. The smallest absolute Gasteiger partial charge is 0.224 e. The highest BCUT2D eigenvalue weighted by Crippen LogP contribution is 2.14. The Labute approximate surface area is 103 Å². The van der Waals surface area contributed by atoms with Crippen LogP contribution < -0.4 is 10.1 Å². The van der Waals surface area contributed by atoms with Gasteiger partial charge in [-0.25, -0.2) is 0 Å². The van der Waals surface area contributed by atoms with Crippen molar-refractivity contribution in [1.29, 1.82) is 0 Å². The first-order chi connectivity index (χ1) is 8.11. The molecule has 0 aliphatic rings. The zero-order valence-corrected chi connectivity index (χ0v) is 10.8. The van der Waals surface area contributed by atoms with Crippen molar-refractivity contribution in [3.8, 4) is 5.75 Å². The van der Waals surface area contributed by atoms with Gasteiger partial charge in [0.05, 0.1) is 12.5 Å². The second-order valence-corrected chi connectivity index (χ2v) is 4.34. The fourth-order valence-electron chi connectivity index (χ4n) is 1.47. The molecule has 1 aromatic rings. The van der Waals surface area contributed by atoms with E-state index >= 15 is 0 Å². The van der Waals surface area contributed by atoms with Crippen LogP contribution in [0, 0.1) is 0 Å². The quantitative estimate of drug-likeness (QED) is 0.823. The van der Waals surface area contributed by atoms with Gasteiger partial charge in [-0.05, 0) is 38.0 Å². The van der Waals surface area contributed by atoms with Gasteiger partial charge in [0.1, 0.15) is 5.75 Å². The molecule has 0 aliphatic heterocycles. The molecule has 1 rings (SSSR count). The SMILES string of the molecule is CCCNC(=O)Cc1ccc(OC(C)C)cc1. The van der Waals surface area contributed by atoms with Gasteiger partial charge < -0.3 is 10.1 Å². The molecule has 0 unspecified atom stereocenters. The summed E-state index contributed by atoms with van der Waals surface area (Å²) in [6.07, 6.45) is 1.57. The number of hydrogen-bond donors (Lipinski definition) is 1. The Balaban J connectivity index is 2.47. The number of amides is 1. The molecule has 3 nitrogen and oxygen atoms in total. The highest BCUT2D eigenvalue weighted by Gasteiger charge is 2.03. The summed E-state index contributed by atoms with van der Waals surface area (Å²) in [6, 6.07) is 7.68. The average Bonchev–Trinajstić information content (AvgIpc) is 2.28. The van der Waals surface area contributed by atoms with Crippen LogP contribution in [0.4, 0.5) is 0 Å². The van der Waals surface area contributed by atoms with Crippen LogP contribution >= 0.6 is 0 Å². The molecule has 0 aromatic heterocycles. The highest BCUT2D eigenvalue weighted by atomic mass is 16.5. The van der Waals surface area contributed by atoms with Crippen molar-refractivity contribution in [2.45, 2.75) is 39.7 Å². The summed E-state index contributed by atoms with van der Waals surface area (Å²) in [5.41, 5.74) is 1.01. The predicted octanol–water partition coefficient (Wildman–Crippen LogP) is 2.54.